The fourth-order valence-corrected chi connectivity index (χ4v) is 2.12. The molecular formula is C14H10INO2. The zero-order valence-corrected chi connectivity index (χ0v) is 11.5. The van der Waals surface area contributed by atoms with Crippen LogP contribution in [0.2, 0.25) is 0 Å². The maximum absolute atomic E-state index is 12.0. The minimum absolute atomic E-state index is 0.154. The first-order chi connectivity index (χ1) is 8.70. The molecule has 0 aromatic heterocycles. The van der Waals surface area contributed by atoms with Gasteiger partial charge in [-0.2, -0.15) is 0 Å². The molecule has 0 bridgehead atoms. The highest BCUT2D eigenvalue weighted by molar-refractivity contribution is 14.1. The van der Waals surface area contributed by atoms with Gasteiger partial charge in [0, 0.05) is 14.8 Å². The van der Waals surface area contributed by atoms with E-state index in [2.05, 4.69) is 27.9 Å². The number of hydrogen-bond acceptors (Lipinski definition) is 2. The summed E-state index contributed by atoms with van der Waals surface area (Å²) >= 11 is 2.12. The first-order valence-corrected chi connectivity index (χ1v) is 6.39. The molecule has 0 aliphatic carbocycles. The summed E-state index contributed by atoms with van der Waals surface area (Å²) in [5.41, 5.74) is 1.89. The van der Waals surface area contributed by atoms with Crippen LogP contribution in [-0.4, -0.2) is 12.2 Å². The summed E-state index contributed by atoms with van der Waals surface area (Å²) < 4.78 is 0.900. The van der Waals surface area contributed by atoms with Crippen molar-refractivity contribution < 1.29 is 9.59 Å². The Kier molecular flexibility index (Phi) is 4.09. The maximum atomic E-state index is 12.0. The largest absolute Gasteiger partial charge is 0.322 e. The van der Waals surface area contributed by atoms with Crippen LogP contribution in [0.15, 0.2) is 48.5 Å². The van der Waals surface area contributed by atoms with Crippen molar-refractivity contribution in [2.45, 2.75) is 0 Å². The van der Waals surface area contributed by atoms with Crippen molar-refractivity contribution in [1.29, 1.82) is 0 Å². The van der Waals surface area contributed by atoms with E-state index >= 15 is 0 Å². The standard InChI is InChI=1S/C14H10INO2/c15-13-4-2-1-3-12(13)14(18)16-11-7-5-10(9-17)6-8-11/h1-9H,(H,16,18). The van der Waals surface area contributed by atoms with E-state index in [0.29, 0.717) is 16.8 Å². The quantitative estimate of drug-likeness (QED) is 0.681. The second-order valence-electron chi connectivity index (χ2n) is 3.67. The maximum Gasteiger partial charge on any atom is 0.256 e. The van der Waals surface area contributed by atoms with Gasteiger partial charge in [-0.05, 0) is 59.0 Å². The second kappa shape index (κ2) is 5.77. The summed E-state index contributed by atoms with van der Waals surface area (Å²) in [6.07, 6.45) is 0.770. The number of carbonyl (C=O) groups excluding carboxylic acids is 2. The van der Waals surface area contributed by atoms with Crippen LogP contribution in [0.5, 0.6) is 0 Å². The van der Waals surface area contributed by atoms with Gasteiger partial charge in [0.1, 0.15) is 6.29 Å². The summed E-state index contributed by atoms with van der Waals surface area (Å²) in [7, 11) is 0. The number of nitrogens with one attached hydrogen (secondary N) is 1. The third kappa shape index (κ3) is 2.95. The van der Waals surface area contributed by atoms with Gasteiger partial charge in [-0.1, -0.05) is 12.1 Å². The van der Waals surface area contributed by atoms with E-state index in [1.165, 1.54) is 0 Å². The smallest absolute Gasteiger partial charge is 0.256 e. The molecule has 0 aliphatic heterocycles. The molecule has 3 nitrogen and oxygen atoms in total. The molecular weight excluding hydrogens is 341 g/mol. The molecule has 1 amide bonds. The van der Waals surface area contributed by atoms with E-state index in [1.54, 1.807) is 30.3 Å². The lowest BCUT2D eigenvalue weighted by Gasteiger charge is -2.06. The summed E-state index contributed by atoms with van der Waals surface area (Å²) in [5.74, 6) is -0.154. The minimum atomic E-state index is -0.154. The summed E-state index contributed by atoms with van der Waals surface area (Å²) in [6.45, 7) is 0. The monoisotopic (exact) mass is 351 g/mol. The number of benzene rings is 2. The van der Waals surface area contributed by atoms with Gasteiger partial charge in [0.15, 0.2) is 0 Å². The molecule has 0 fully saturated rings. The molecule has 18 heavy (non-hydrogen) atoms. The van der Waals surface area contributed by atoms with Crippen LogP contribution in [0.1, 0.15) is 20.7 Å². The Labute approximate surface area is 118 Å². The summed E-state index contributed by atoms with van der Waals surface area (Å²) in [4.78, 5) is 22.5. The van der Waals surface area contributed by atoms with Crippen LogP contribution in [-0.2, 0) is 0 Å². The average Bonchev–Trinajstić information content (AvgIpc) is 2.40. The van der Waals surface area contributed by atoms with Gasteiger partial charge in [-0.15, -0.1) is 0 Å². The van der Waals surface area contributed by atoms with Crippen molar-refractivity contribution >= 4 is 40.5 Å². The Bertz CT molecular complexity index is 579. The molecule has 0 atom stereocenters. The summed E-state index contributed by atoms with van der Waals surface area (Å²) in [5, 5.41) is 2.79. The molecule has 90 valence electrons. The van der Waals surface area contributed by atoms with Gasteiger partial charge in [0.25, 0.3) is 5.91 Å². The normalized spacial score (nSPS) is 9.83. The van der Waals surface area contributed by atoms with Crippen LogP contribution in [0.25, 0.3) is 0 Å². The SMILES string of the molecule is O=Cc1ccc(NC(=O)c2ccccc2I)cc1. The second-order valence-corrected chi connectivity index (χ2v) is 4.84. The van der Waals surface area contributed by atoms with Gasteiger partial charge in [0.2, 0.25) is 0 Å². The minimum Gasteiger partial charge on any atom is -0.322 e. The number of anilines is 1. The topological polar surface area (TPSA) is 46.2 Å². The Hall–Kier alpha value is -1.69. The zero-order valence-electron chi connectivity index (χ0n) is 9.39. The number of hydrogen-bond donors (Lipinski definition) is 1. The molecule has 4 heteroatoms. The highest BCUT2D eigenvalue weighted by Crippen LogP contribution is 2.14. The number of amides is 1. The van der Waals surface area contributed by atoms with E-state index in [-0.39, 0.29) is 5.91 Å². The lowest BCUT2D eigenvalue weighted by atomic mass is 10.2. The predicted octanol–water partition coefficient (Wildman–Crippen LogP) is 3.36. The Morgan fingerprint density at radius 2 is 1.72 bits per heavy atom. The molecule has 2 rings (SSSR count). The van der Waals surface area contributed by atoms with Gasteiger partial charge >= 0.3 is 0 Å². The van der Waals surface area contributed by atoms with Gasteiger partial charge < -0.3 is 5.32 Å². The fourth-order valence-electron chi connectivity index (χ4n) is 1.49. The van der Waals surface area contributed by atoms with Crippen molar-refractivity contribution in [3.63, 3.8) is 0 Å². The third-order valence-electron chi connectivity index (χ3n) is 2.42. The van der Waals surface area contributed by atoms with Crippen molar-refractivity contribution in [2.24, 2.45) is 0 Å². The van der Waals surface area contributed by atoms with E-state index in [0.717, 1.165) is 9.86 Å². The van der Waals surface area contributed by atoms with Gasteiger partial charge in [0.05, 0.1) is 5.56 Å². The van der Waals surface area contributed by atoms with Crippen molar-refractivity contribution in [3.05, 3.63) is 63.2 Å². The first-order valence-electron chi connectivity index (χ1n) is 5.32. The van der Waals surface area contributed by atoms with E-state index < -0.39 is 0 Å². The Morgan fingerprint density at radius 3 is 2.33 bits per heavy atom. The number of halogens is 1. The molecule has 0 aliphatic rings. The highest BCUT2D eigenvalue weighted by Gasteiger charge is 2.08. The molecule has 2 aromatic rings. The molecule has 1 N–H and O–H groups in total. The molecule has 2 aromatic carbocycles. The summed E-state index contributed by atoms with van der Waals surface area (Å²) in [6, 6.07) is 14.1. The number of rotatable bonds is 3. The first kappa shape index (κ1) is 12.8. The molecule has 0 spiro atoms. The van der Waals surface area contributed by atoms with Crippen LogP contribution in [0.3, 0.4) is 0 Å². The Balaban J connectivity index is 2.16. The number of carbonyl (C=O) groups is 2. The van der Waals surface area contributed by atoms with Crippen LogP contribution in [0, 0.1) is 3.57 Å². The zero-order chi connectivity index (χ0) is 13.0. The predicted molar refractivity (Wildman–Crippen MR) is 78.9 cm³/mol. The molecule has 0 heterocycles. The average molecular weight is 351 g/mol. The van der Waals surface area contributed by atoms with Crippen molar-refractivity contribution in [3.8, 4) is 0 Å². The van der Waals surface area contributed by atoms with Crippen LogP contribution in [0.4, 0.5) is 5.69 Å². The van der Waals surface area contributed by atoms with Crippen LogP contribution < -0.4 is 5.32 Å². The van der Waals surface area contributed by atoms with Crippen LogP contribution >= 0.6 is 22.6 Å². The van der Waals surface area contributed by atoms with E-state index in [1.807, 2.05) is 18.2 Å². The van der Waals surface area contributed by atoms with Gasteiger partial charge in [-0.25, -0.2) is 0 Å². The van der Waals surface area contributed by atoms with Crippen molar-refractivity contribution in [2.75, 3.05) is 5.32 Å². The molecule has 0 unspecified atom stereocenters. The highest BCUT2D eigenvalue weighted by atomic mass is 127. The molecule has 0 saturated heterocycles. The lowest BCUT2D eigenvalue weighted by molar-refractivity contribution is 0.102. The van der Waals surface area contributed by atoms with Crippen molar-refractivity contribution in [1.82, 2.24) is 0 Å². The Morgan fingerprint density at radius 1 is 1.06 bits per heavy atom. The third-order valence-corrected chi connectivity index (χ3v) is 3.36. The van der Waals surface area contributed by atoms with E-state index in [4.69, 9.17) is 0 Å². The lowest BCUT2D eigenvalue weighted by Crippen LogP contribution is -2.13. The fraction of sp³-hybridized carbons (Fsp3) is 0. The van der Waals surface area contributed by atoms with E-state index in [9.17, 15) is 9.59 Å². The molecule has 0 saturated carbocycles. The number of aldehydes is 1. The van der Waals surface area contributed by atoms with Gasteiger partial charge in [-0.3, -0.25) is 9.59 Å². The molecule has 0 radical (unpaired) electrons.